The van der Waals surface area contributed by atoms with Crippen LogP contribution in [0.5, 0.6) is 0 Å². The zero-order valence-corrected chi connectivity index (χ0v) is 30.7. The molecule has 4 nitrogen and oxygen atoms in total. The van der Waals surface area contributed by atoms with Crippen molar-refractivity contribution in [3.63, 3.8) is 0 Å². The van der Waals surface area contributed by atoms with Gasteiger partial charge in [0.2, 0.25) is 5.56 Å². The van der Waals surface area contributed by atoms with Crippen molar-refractivity contribution >= 4 is 11.5 Å². The number of ketones is 1. The minimum absolute atomic E-state index is 0.0295. The molecule has 0 saturated heterocycles. The van der Waals surface area contributed by atoms with E-state index in [4.69, 9.17) is 0 Å². The lowest BCUT2D eigenvalue weighted by Gasteiger charge is -2.35. The molecule has 2 aromatic rings. The average molecular weight is 597 g/mol. The Kier molecular flexibility index (Phi) is 29.1. The van der Waals surface area contributed by atoms with Crippen molar-refractivity contribution in [3.8, 4) is 0 Å². The number of hydrogen-bond acceptors (Lipinski definition) is 3. The van der Waals surface area contributed by atoms with Gasteiger partial charge in [0.25, 0.3) is 0 Å². The monoisotopic (exact) mass is 597 g/mol. The lowest BCUT2D eigenvalue weighted by molar-refractivity contribution is 0.101. The van der Waals surface area contributed by atoms with E-state index in [0.717, 1.165) is 29.7 Å². The van der Waals surface area contributed by atoms with Crippen LogP contribution in [-0.2, 0) is 6.42 Å². The minimum atomic E-state index is -0.0295. The Labute approximate surface area is 266 Å². The number of benzene rings is 1. The topological polar surface area (TPSA) is 62.3 Å². The molecule has 0 aliphatic carbocycles. The van der Waals surface area contributed by atoms with Gasteiger partial charge in [0.1, 0.15) is 0 Å². The highest BCUT2D eigenvalue weighted by Crippen LogP contribution is 2.42. The highest BCUT2D eigenvalue weighted by Gasteiger charge is 2.29. The second kappa shape index (κ2) is 28.0. The standard InChI is InChI=1S/C18H35N.C10H12O.C7H9NO.2C2H6/c1-7-11-14-18(12-8-2,13-9-3)16(5)15-19-17(6)10-4;1-3-9-4-6-10(7-5-9)8(2)11;1-5-3-4-7(9)8-6(5)2;2*1-2/h15H,7-14H2,1-6H3;4-7H,3H2,1-2H3;3-4H,1-2H3,(H,8,9);2*1-2H3/b16-15+,19-17?;;;;. The number of H-pyrrole nitrogens is 1. The number of hydrogen-bond donors (Lipinski definition) is 1. The van der Waals surface area contributed by atoms with Gasteiger partial charge in [-0.25, -0.2) is 0 Å². The van der Waals surface area contributed by atoms with Crippen LogP contribution in [0.3, 0.4) is 0 Å². The number of aromatic amines is 1. The van der Waals surface area contributed by atoms with Crippen molar-refractivity contribution in [1.82, 2.24) is 4.98 Å². The molecular weight excluding hydrogens is 528 g/mol. The van der Waals surface area contributed by atoms with E-state index in [2.05, 4.69) is 64.6 Å². The van der Waals surface area contributed by atoms with Crippen LogP contribution in [0.4, 0.5) is 0 Å². The highest BCUT2D eigenvalue weighted by molar-refractivity contribution is 5.94. The van der Waals surface area contributed by atoms with E-state index < -0.39 is 0 Å². The summed E-state index contributed by atoms with van der Waals surface area (Å²) in [7, 11) is 0. The number of allylic oxidation sites excluding steroid dienone is 1. The lowest BCUT2D eigenvalue weighted by Crippen LogP contribution is -2.22. The predicted molar refractivity (Wildman–Crippen MR) is 194 cm³/mol. The number of nitrogens with zero attached hydrogens (tertiary/aromatic N) is 1. The number of carbonyl (C=O) groups is 1. The fraction of sp³-hybridized carbons (Fsp3) is 0.615. The van der Waals surface area contributed by atoms with E-state index in [0.29, 0.717) is 5.41 Å². The van der Waals surface area contributed by atoms with Crippen LogP contribution in [0.25, 0.3) is 0 Å². The van der Waals surface area contributed by atoms with Crippen LogP contribution in [0.1, 0.15) is 162 Å². The zero-order chi connectivity index (χ0) is 33.8. The first-order valence-electron chi connectivity index (χ1n) is 17.0. The summed E-state index contributed by atoms with van der Waals surface area (Å²) in [5.41, 5.74) is 7.23. The van der Waals surface area contributed by atoms with E-state index in [1.54, 1.807) is 6.92 Å². The van der Waals surface area contributed by atoms with Gasteiger partial charge < -0.3 is 4.98 Å². The number of unbranched alkanes of at least 4 members (excludes halogenated alkanes) is 1. The van der Waals surface area contributed by atoms with E-state index in [-0.39, 0.29) is 11.3 Å². The summed E-state index contributed by atoms with van der Waals surface area (Å²) >= 11 is 0. The van der Waals surface area contributed by atoms with Gasteiger partial charge in [0, 0.05) is 29.2 Å². The molecule has 0 radical (unpaired) electrons. The van der Waals surface area contributed by atoms with Gasteiger partial charge in [-0.3, -0.25) is 14.6 Å². The Morgan fingerprint density at radius 1 is 0.791 bits per heavy atom. The van der Waals surface area contributed by atoms with E-state index in [1.807, 2.05) is 71.9 Å². The molecular formula is C39H68N2O2. The molecule has 0 bridgehead atoms. The van der Waals surface area contributed by atoms with Gasteiger partial charge >= 0.3 is 0 Å². The number of Topliss-reactive ketones (excluding diaryl/α,β-unsaturated/α-hetero) is 1. The van der Waals surface area contributed by atoms with Crippen molar-refractivity contribution in [2.75, 3.05) is 0 Å². The molecule has 4 heteroatoms. The van der Waals surface area contributed by atoms with E-state index in [9.17, 15) is 9.59 Å². The van der Waals surface area contributed by atoms with Gasteiger partial charge in [-0.2, -0.15) is 0 Å². The molecule has 246 valence electrons. The van der Waals surface area contributed by atoms with Gasteiger partial charge in [-0.15, -0.1) is 0 Å². The second-order valence-corrected chi connectivity index (χ2v) is 10.7. The summed E-state index contributed by atoms with van der Waals surface area (Å²) in [5.74, 6) is 0.132. The fourth-order valence-electron chi connectivity index (χ4n) is 4.50. The zero-order valence-electron chi connectivity index (χ0n) is 30.7. The van der Waals surface area contributed by atoms with Crippen LogP contribution in [0, 0.1) is 19.3 Å². The molecule has 43 heavy (non-hydrogen) atoms. The molecule has 1 heterocycles. The molecule has 1 aromatic carbocycles. The Morgan fingerprint density at radius 2 is 1.33 bits per heavy atom. The predicted octanol–water partition coefficient (Wildman–Crippen LogP) is 12.0. The third-order valence-corrected chi connectivity index (χ3v) is 7.45. The smallest absolute Gasteiger partial charge is 0.248 e. The average Bonchev–Trinajstić information content (AvgIpc) is 3.03. The molecule has 1 N–H and O–H groups in total. The van der Waals surface area contributed by atoms with Crippen molar-refractivity contribution in [2.24, 2.45) is 10.4 Å². The maximum absolute atomic E-state index is 10.8. The number of carbonyl (C=O) groups excluding carboxylic acids is 1. The molecule has 2 rings (SSSR count). The molecule has 0 unspecified atom stereocenters. The SMILES string of the molecule is CC.CC.CCCCC(CCC)(CCC)/C(C)=C/N=C(C)CC.CCc1ccc(C(C)=O)cc1.Cc1ccc(=O)[nH]c1C. The van der Waals surface area contributed by atoms with Crippen molar-refractivity contribution < 1.29 is 4.79 Å². The van der Waals surface area contributed by atoms with Crippen molar-refractivity contribution in [3.05, 3.63) is 80.9 Å². The largest absolute Gasteiger partial charge is 0.326 e. The number of aryl methyl sites for hydroxylation is 3. The van der Waals surface area contributed by atoms with Crippen molar-refractivity contribution in [2.45, 2.75) is 155 Å². The van der Waals surface area contributed by atoms with E-state index in [1.165, 1.54) is 67.9 Å². The Balaban J connectivity index is -0.000000563. The number of pyridine rings is 1. The normalized spacial score (nSPS) is 10.9. The molecule has 0 atom stereocenters. The first-order valence-corrected chi connectivity index (χ1v) is 17.0. The summed E-state index contributed by atoms with van der Waals surface area (Å²) in [5, 5.41) is 0. The minimum Gasteiger partial charge on any atom is -0.326 e. The Hall–Kier alpha value is -2.75. The number of nitrogens with one attached hydrogen (secondary N) is 1. The molecule has 1 aromatic heterocycles. The lowest BCUT2D eigenvalue weighted by atomic mass is 9.70. The van der Waals surface area contributed by atoms with Gasteiger partial charge in [0.05, 0.1) is 0 Å². The summed E-state index contributed by atoms with van der Waals surface area (Å²) in [6, 6.07) is 11.1. The first kappa shape index (κ1) is 44.7. The summed E-state index contributed by atoms with van der Waals surface area (Å²) < 4.78 is 0. The van der Waals surface area contributed by atoms with Gasteiger partial charge in [-0.05, 0) is 88.8 Å². The Bertz CT molecular complexity index is 1070. The molecule has 0 aliphatic heterocycles. The fourth-order valence-corrected chi connectivity index (χ4v) is 4.50. The number of aliphatic imine (C=N–C) groups is 1. The number of aromatic nitrogens is 1. The highest BCUT2D eigenvalue weighted by atomic mass is 16.1. The van der Waals surface area contributed by atoms with Gasteiger partial charge in [0.15, 0.2) is 5.78 Å². The van der Waals surface area contributed by atoms with Crippen LogP contribution in [0.15, 0.2) is 58.0 Å². The molecule has 0 amide bonds. The third-order valence-electron chi connectivity index (χ3n) is 7.45. The molecule has 0 saturated carbocycles. The Morgan fingerprint density at radius 3 is 1.70 bits per heavy atom. The molecule has 0 fully saturated rings. The van der Waals surface area contributed by atoms with Crippen LogP contribution >= 0.6 is 0 Å². The van der Waals surface area contributed by atoms with Crippen LogP contribution in [-0.4, -0.2) is 16.5 Å². The van der Waals surface area contributed by atoms with Crippen LogP contribution in [0.2, 0.25) is 0 Å². The quantitative estimate of drug-likeness (QED) is 0.196. The van der Waals surface area contributed by atoms with Gasteiger partial charge in [-0.1, -0.05) is 118 Å². The van der Waals surface area contributed by atoms with Crippen LogP contribution < -0.4 is 5.56 Å². The number of rotatable bonds is 12. The second-order valence-electron chi connectivity index (χ2n) is 10.7. The summed E-state index contributed by atoms with van der Waals surface area (Å²) in [6.45, 7) is 29.0. The van der Waals surface area contributed by atoms with Crippen molar-refractivity contribution in [1.29, 1.82) is 0 Å². The summed E-state index contributed by atoms with van der Waals surface area (Å²) in [6.07, 6.45) is 13.3. The molecule has 0 aliphatic rings. The first-order chi connectivity index (χ1) is 20.5. The molecule has 0 spiro atoms. The van der Waals surface area contributed by atoms with E-state index >= 15 is 0 Å². The maximum atomic E-state index is 10.8. The maximum Gasteiger partial charge on any atom is 0.248 e. The summed E-state index contributed by atoms with van der Waals surface area (Å²) in [4.78, 5) is 28.8. The third kappa shape index (κ3) is 19.9.